The SMILES string of the molecule is COc1cc(N2CCCC(C(=O)N3CCN(C)CC3)C2)ccc1Nc1ncc2ccc(-c3ccccc3OC)n2n1. The van der Waals surface area contributed by atoms with Gasteiger partial charge < -0.3 is 29.5 Å². The Morgan fingerprint density at radius 1 is 0.951 bits per heavy atom. The monoisotopic (exact) mass is 555 g/mol. The standard InChI is InChI=1S/C31H37N7O3/c1-35-15-17-36(18-16-35)30(39)22-7-6-14-37(21-22)23-10-12-26(29(19-23)41-3)33-31-32-20-24-11-13-27(38(24)34-31)25-8-4-5-9-28(25)40-2/h4-5,8-13,19-20,22H,6-7,14-18,21H2,1-3H3,(H,33,34). The van der Waals surface area contributed by atoms with Crippen LogP contribution in [0.5, 0.6) is 11.5 Å². The van der Waals surface area contributed by atoms with Gasteiger partial charge in [0.2, 0.25) is 11.9 Å². The van der Waals surface area contributed by atoms with Gasteiger partial charge in [0.25, 0.3) is 0 Å². The van der Waals surface area contributed by atoms with E-state index in [1.165, 1.54) is 0 Å². The molecule has 6 rings (SSSR count). The number of anilines is 3. The van der Waals surface area contributed by atoms with E-state index in [0.717, 1.165) is 86.0 Å². The molecule has 1 N–H and O–H groups in total. The van der Waals surface area contributed by atoms with Gasteiger partial charge in [0.05, 0.1) is 43.2 Å². The summed E-state index contributed by atoms with van der Waals surface area (Å²) in [5.74, 6) is 2.24. The molecule has 2 aliphatic rings. The Kier molecular flexibility index (Phi) is 7.65. The maximum atomic E-state index is 13.3. The van der Waals surface area contributed by atoms with E-state index in [1.807, 2.05) is 57.9 Å². The summed E-state index contributed by atoms with van der Waals surface area (Å²) in [6, 6.07) is 18.0. The Bertz CT molecular complexity index is 1530. The van der Waals surface area contributed by atoms with Crippen LogP contribution in [0.1, 0.15) is 12.8 Å². The molecule has 41 heavy (non-hydrogen) atoms. The molecule has 0 spiro atoms. The van der Waals surface area contributed by atoms with Crippen LogP contribution in [0, 0.1) is 5.92 Å². The number of fused-ring (bicyclic) bond motifs is 1. The van der Waals surface area contributed by atoms with Crippen molar-refractivity contribution in [1.82, 2.24) is 24.4 Å². The van der Waals surface area contributed by atoms with Crippen LogP contribution in [0.2, 0.25) is 0 Å². The number of piperazine rings is 1. The number of carbonyl (C=O) groups excluding carboxylic acids is 1. The minimum absolute atomic E-state index is 0.0232. The van der Waals surface area contributed by atoms with Crippen molar-refractivity contribution in [3.05, 3.63) is 60.8 Å². The van der Waals surface area contributed by atoms with Gasteiger partial charge in [-0.25, -0.2) is 9.50 Å². The maximum absolute atomic E-state index is 13.3. The van der Waals surface area contributed by atoms with Gasteiger partial charge in [0.1, 0.15) is 11.5 Å². The predicted molar refractivity (Wildman–Crippen MR) is 160 cm³/mol. The van der Waals surface area contributed by atoms with Gasteiger partial charge >= 0.3 is 0 Å². The molecule has 1 amide bonds. The molecule has 2 fully saturated rings. The third-order valence-corrected chi connectivity index (χ3v) is 8.16. The van der Waals surface area contributed by atoms with Crippen LogP contribution < -0.4 is 19.7 Å². The first-order valence-corrected chi connectivity index (χ1v) is 14.2. The van der Waals surface area contributed by atoms with Crippen molar-refractivity contribution in [1.29, 1.82) is 0 Å². The van der Waals surface area contributed by atoms with Crippen molar-refractivity contribution < 1.29 is 14.3 Å². The van der Waals surface area contributed by atoms with Crippen molar-refractivity contribution in [2.24, 2.45) is 5.92 Å². The molecule has 4 heterocycles. The van der Waals surface area contributed by atoms with Gasteiger partial charge in [-0.2, -0.15) is 0 Å². The second-order valence-corrected chi connectivity index (χ2v) is 10.8. The van der Waals surface area contributed by atoms with Crippen LogP contribution in [-0.4, -0.2) is 90.8 Å². The summed E-state index contributed by atoms with van der Waals surface area (Å²) in [7, 11) is 5.44. The van der Waals surface area contributed by atoms with Crippen LogP contribution in [0.3, 0.4) is 0 Å². The van der Waals surface area contributed by atoms with Crippen LogP contribution in [0.4, 0.5) is 17.3 Å². The Labute approximate surface area is 240 Å². The van der Waals surface area contributed by atoms with Crippen molar-refractivity contribution in [3.63, 3.8) is 0 Å². The normalized spacial score (nSPS) is 18.0. The number of methoxy groups -OCH3 is 2. The van der Waals surface area contributed by atoms with Gasteiger partial charge in [-0.3, -0.25) is 4.79 Å². The van der Waals surface area contributed by atoms with E-state index >= 15 is 0 Å². The Hall–Kier alpha value is -4.31. The molecule has 0 saturated carbocycles. The predicted octanol–water partition coefficient (Wildman–Crippen LogP) is 4.15. The maximum Gasteiger partial charge on any atom is 0.245 e. The lowest BCUT2D eigenvalue weighted by atomic mass is 9.95. The minimum atomic E-state index is 0.0232. The highest BCUT2D eigenvalue weighted by molar-refractivity contribution is 5.80. The van der Waals surface area contributed by atoms with Crippen LogP contribution >= 0.6 is 0 Å². The molecule has 2 saturated heterocycles. The summed E-state index contributed by atoms with van der Waals surface area (Å²) in [4.78, 5) is 24.4. The average molecular weight is 556 g/mol. The molecule has 1 atom stereocenters. The molecule has 2 aliphatic heterocycles. The highest BCUT2D eigenvalue weighted by Crippen LogP contribution is 2.34. The van der Waals surface area contributed by atoms with E-state index in [0.29, 0.717) is 11.7 Å². The van der Waals surface area contributed by atoms with Crippen LogP contribution in [0.15, 0.2) is 60.8 Å². The number of nitrogens with zero attached hydrogens (tertiary/aromatic N) is 6. The lowest BCUT2D eigenvalue weighted by molar-refractivity contribution is -0.137. The van der Waals surface area contributed by atoms with Crippen molar-refractivity contribution in [3.8, 4) is 22.8 Å². The van der Waals surface area contributed by atoms with Crippen molar-refractivity contribution >= 4 is 28.7 Å². The second kappa shape index (κ2) is 11.7. The topological polar surface area (TPSA) is 87.5 Å². The largest absolute Gasteiger partial charge is 0.496 e. The molecule has 0 radical (unpaired) electrons. The van der Waals surface area contributed by atoms with Gasteiger partial charge in [-0.15, -0.1) is 5.10 Å². The van der Waals surface area contributed by atoms with E-state index in [2.05, 4.69) is 33.2 Å². The number of ether oxygens (including phenoxy) is 2. The summed E-state index contributed by atoms with van der Waals surface area (Å²) < 4.78 is 13.2. The first-order chi connectivity index (χ1) is 20.0. The van der Waals surface area contributed by atoms with E-state index < -0.39 is 0 Å². The summed E-state index contributed by atoms with van der Waals surface area (Å²) in [6.07, 6.45) is 3.72. The summed E-state index contributed by atoms with van der Waals surface area (Å²) in [5.41, 5.74) is 4.56. The number of hydrogen-bond acceptors (Lipinski definition) is 8. The number of amides is 1. The first kappa shape index (κ1) is 26.9. The number of piperidine rings is 1. The highest BCUT2D eigenvalue weighted by Gasteiger charge is 2.31. The summed E-state index contributed by atoms with van der Waals surface area (Å²) >= 11 is 0. The Morgan fingerprint density at radius 2 is 1.76 bits per heavy atom. The average Bonchev–Trinajstić information content (AvgIpc) is 3.44. The van der Waals surface area contributed by atoms with Gasteiger partial charge in [0.15, 0.2) is 0 Å². The molecule has 0 aliphatic carbocycles. The zero-order valence-electron chi connectivity index (χ0n) is 23.9. The molecule has 2 aromatic carbocycles. The smallest absolute Gasteiger partial charge is 0.245 e. The second-order valence-electron chi connectivity index (χ2n) is 10.8. The fourth-order valence-electron chi connectivity index (χ4n) is 5.82. The quantitative estimate of drug-likeness (QED) is 0.364. The van der Waals surface area contributed by atoms with Gasteiger partial charge in [0, 0.05) is 56.6 Å². The fraction of sp³-hybridized carbons (Fsp3) is 0.387. The first-order valence-electron chi connectivity index (χ1n) is 14.2. The molecule has 4 aromatic rings. The molecule has 10 nitrogen and oxygen atoms in total. The lowest BCUT2D eigenvalue weighted by Crippen LogP contribution is -2.51. The zero-order valence-corrected chi connectivity index (χ0v) is 23.9. The van der Waals surface area contributed by atoms with E-state index in [9.17, 15) is 4.79 Å². The highest BCUT2D eigenvalue weighted by atomic mass is 16.5. The zero-order chi connectivity index (χ0) is 28.3. The third-order valence-electron chi connectivity index (χ3n) is 8.16. The van der Waals surface area contributed by atoms with Crippen molar-refractivity contribution in [2.75, 3.05) is 70.8 Å². The number of rotatable bonds is 7. The number of benzene rings is 2. The molecular formula is C31H37N7O3. The number of aromatic nitrogens is 3. The summed E-state index contributed by atoms with van der Waals surface area (Å²) in [5, 5.41) is 8.11. The Morgan fingerprint density at radius 3 is 2.56 bits per heavy atom. The molecule has 214 valence electrons. The minimum Gasteiger partial charge on any atom is -0.496 e. The Balaban J connectivity index is 1.20. The molecule has 10 heteroatoms. The number of likely N-dealkylation sites (N-methyl/N-ethyl adjacent to an activating group) is 1. The molecule has 1 unspecified atom stereocenters. The number of hydrogen-bond donors (Lipinski definition) is 1. The van der Waals surface area contributed by atoms with Crippen LogP contribution in [0.25, 0.3) is 16.8 Å². The third kappa shape index (κ3) is 5.52. The van der Waals surface area contributed by atoms with Gasteiger partial charge in [-0.05, 0) is 56.3 Å². The van der Waals surface area contributed by atoms with E-state index in [-0.39, 0.29) is 11.8 Å². The molecule has 0 bridgehead atoms. The fourth-order valence-corrected chi connectivity index (χ4v) is 5.82. The van der Waals surface area contributed by atoms with Crippen molar-refractivity contribution in [2.45, 2.75) is 12.8 Å². The number of carbonyl (C=O) groups is 1. The molecule has 2 aromatic heterocycles. The molecular weight excluding hydrogens is 518 g/mol. The summed E-state index contributed by atoms with van der Waals surface area (Å²) in [6.45, 7) is 5.16. The number of para-hydroxylation sites is 1. The lowest BCUT2D eigenvalue weighted by Gasteiger charge is -2.39. The van der Waals surface area contributed by atoms with Gasteiger partial charge in [-0.1, -0.05) is 12.1 Å². The van der Waals surface area contributed by atoms with E-state index in [4.69, 9.17) is 14.6 Å². The van der Waals surface area contributed by atoms with E-state index in [1.54, 1.807) is 20.4 Å². The number of nitrogens with one attached hydrogen (secondary N) is 1. The van der Waals surface area contributed by atoms with Crippen LogP contribution in [-0.2, 0) is 4.79 Å².